The number of amides is 2. The molecule has 0 aromatic heterocycles. The predicted molar refractivity (Wildman–Crippen MR) is 106 cm³/mol. The van der Waals surface area contributed by atoms with Crippen LogP contribution in [0.3, 0.4) is 0 Å². The van der Waals surface area contributed by atoms with E-state index >= 15 is 0 Å². The lowest BCUT2D eigenvalue weighted by Crippen LogP contribution is -2.33. The van der Waals surface area contributed by atoms with Gasteiger partial charge in [-0.15, -0.1) is 0 Å². The number of rotatable bonds is 17. The highest BCUT2D eigenvalue weighted by molar-refractivity contribution is 5.80. The average molecular weight is 421 g/mol. The summed E-state index contributed by atoms with van der Waals surface area (Å²) in [7, 11) is 0. The quantitative estimate of drug-likeness (QED) is 0.300. The van der Waals surface area contributed by atoms with E-state index in [0.717, 1.165) is 0 Å². The van der Waals surface area contributed by atoms with E-state index in [4.69, 9.17) is 24.1 Å². The van der Waals surface area contributed by atoms with Gasteiger partial charge in [0.15, 0.2) is 0 Å². The van der Waals surface area contributed by atoms with Gasteiger partial charge in [0.2, 0.25) is 5.91 Å². The Balaban J connectivity index is 3.23. The molecule has 0 rings (SSSR count). The third-order valence-electron chi connectivity index (χ3n) is 3.23. The van der Waals surface area contributed by atoms with Crippen LogP contribution in [0, 0.1) is 0 Å². The molecule has 0 fully saturated rings. The molecule has 3 N–H and O–H groups in total. The van der Waals surface area contributed by atoms with Crippen LogP contribution >= 0.6 is 0 Å². The van der Waals surface area contributed by atoms with E-state index in [1.807, 2.05) is 20.8 Å². The molecule has 0 atom stereocenters. The molecule has 0 aromatic rings. The maximum absolute atomic E-state index is 11.4. The van der Waals surface area contributed by atoms with Crippen LogP contribution in [-0.4, -0.2) is 81.4 Å². The summed E-state index contributed by atoms with van der Waals surface area (Å²) >= 11 is 0. The van der Waals surface area contributed by atoms with E-state index in [1.165, 1.54) is 0 Å². The number of alkyl carbamates (subject to hydrolysis) is 1. The highest BCUT2D eigenvalue weighted by Gasteiger charge is 2.15. The molecule has 10 heteroatoms. The number of carboxylic acids is 1. The van der Waals surface area contributed by atoms with Crippen LogP contribution in [-0.2, 0) is 28.5 Å². The fourth-order valence-corrected chi connectivity index (χ4v) is 1.93. The first-order chi connectivity index (χ1) is 13.7. The van der Waals surface area contributed by atoms with Crippen LogP contribution in [0.15, 0.2) is 0 Å². The van der Waals surface area contributed by atoms with Crippen molar-refractivity contribution in [3.8, 4) is 0 Å². The molecule has 0 heterocycles. The SMILES string of the molecule is CC(C)(C)OC(=O)NCCCOCCOCCOCCCNC(=O)CCC(=O)O. The number of hydrogen-bond donors (Lipinski definition) is 3. The second-order valence-electron chi connectivity index (χ2n) is 7.22. The summed E-state index contributed by atoms with van der Waals surface area (Å²) in [4.78, 5) is 33.0. The van der Waals surface area contributed by atoms with Crippen LogP contribution < -0.4 is 10.6 Å². The smallest absolute Gasteiger partial charge is 0.407 e. The number of carboxylic acid groups (broad SMARTS) is 1. The van der Waals surface area contributed by atoms with Crippen molar-refractivity contribution in [2.24, 2.45) is 0 Å². The Kier molecular flexibility index (Phi) is 15.9. The molecule has 0 saturated heterocycles. The minimum absolute atomic E-state index is 0.00758. The van der Waals surface area contributed by atoms with E-state index in [2.05, 4.69) is 10.6 Å². The molecule has 29 heavy (non-hydrogen) atoms. The highest BCUT2D eigenvalue weighted by atomic mass is 16.6. The zero-order valence-electron chi connectivity index (χ0n) is 17.8. The average Bonchev–Trinajstić information content (AvgIpc) is 2.61. The van der Waals surface area contributed by atoms with Gasteiger partial charge >= 0.3 is 12.1 Å². The molecule has 2 amide bonds. The Hall–Kier alpha value is -1.91. The van der Waals surface area contributed by atoms with Crippen LogP contribution in [0.4, 0.5) is 4.79 Å². The van der Waals surface area contributed by atoms with Gasteiger partial charge in [0.25, 0.3) is 0 Å². The fraction of sp³-hybridized carbons (Fsp3) is 0.842. The normalized spacial score (nSPS) is 11.1. The lowest BCUT2D eigenvalue weighted by atomic mass is 10.2. The summed E-state index contributed by atoms with van der Waals surface area (Å²) in [6.07, 6.45) is 0.745. The van der Waals surface area contributed by atoms with Crippen molar-refractivity contribution >= 4 is 18.0 Å². The molecular weight excluding hydrogens is 384 g/mol. The first-order valence-corrected chi connectivity index (χ1v) is 9.89. The molecule has 0 aromatic carbocycles. The largest absolute Gasteiger partial charge is 0.481 e. The summed E-state index contributed by atoms with van der Waals surface area (Å²) in [6, 6.07) is 0. The molecular formula is C19H36N2O8. The first-order valence-electron chi connectivity index (χ1n) is 9.89. The van der Waals surface area contributed by atoms with Crippen molar-refractivity contribution in [3.05, 3.63) is 0 Å². The number of carbonyl (C=O) groups excluding carboxylic acids is 2. The third kappa shape index (κ3) is 22.2. The molecule has 0 aliphatic carbocycles. The maximum Gasteiger partial charge on any atom is 0.407 e. The summed E-state index contributed by atoms with van der Waals surface area (Å²) in [5.74, 6) is -1.25. The van der Waals surface area contributed by atoms with Crippen molar-refractivity contribution in [2.75, 3.05) is 52.7 Å². The third-order valence-corrected chi connectivity index (χ3v) is 3.23. The molecule has 170 valence electrons. The molecule has 0 saturated carbocycles. The lowest BCUT2D eigenvalue weighted by molar-refractivity contribution is -0.138. The second kappa shape index (κ2) is 17.0. The molecule has 0 unspecified atom stereocenters. The second-order valence-corrected chi connectivity index (χ2v) is 7.22. The Bertz CT molecular complexity index is 466. The number of nitrogens with one attached hydrogen (secondary N) is 2. The Morgan fingerprint density at radius 1 is 0.759 bits per heavy atom. The number of hydrogen-bond acceptors (Lipinski definition) is 7. The Morgan fingerprint density at radius 3 is 1.72 bits per heavy atom. The summed E-state index contributed by atoms with van der Waals surface area (Å²) < 4.78 is 21.3. The van der Waals surface area contributed by atoms with Crippen LogP contribution in [0.2, 0.25) is 0 Å². The van der Waals surface area contributed by atoms with E-state index < -0.39 is 17.7 Å². The minimum Gasteiger partial charge on any atom is -0.481 e. The lowest BCUT2D eigenvalue weighted by Gasteiger charge is -2.19. The fourth-order valence-electron chi connectivity index (χ4n) is 1.93. The van der Waals surface area contributed by atoms with Crippen molar-refractivity contribution < 1.29 is 38.4 Å². The van der Waals surface area contributed by atoms with Gasteiger partial charge in [-0.2, -0.15) is 0 Å². The van der Waals surface area contributed by atoms with Crippen LogP contribution in [0.25, 0.3) is 0 Å². The predicted octanol–water partition coefficient (Wildman–Crippen LogP) is 1.32. The van der Waals surface area contributed by atoms with Gasteiger partial charge in [-0.05, 0) is 33.6 Å². The van der Waals surface area contributed by atoms with Crippen molar-refractivity contribution in [1.82, 2.24) is 10.6 Å². The summed E-state index contributed by atoms with van der Waals surface area (Å²) in [5, 5.41) is 13.8. The Labute approximate surface area is 172 Å². The van der Waals surface area contributed by atoms with Gasteiger partial charge in [-0.1, -0.05) is 0 Å². The van der Waals surface area contributed by atoms with Crippen LogP contribution in [0.1, 0.15) is 46.5 Å². The molecule has 0 bridgehead atoms. The molecule has 10 nitrogen and oxygen atoms in total. The zero-order chi connectivity index (χ0) is 22.0. The van der Waals surface area contributed by atoms with E-state index in [-0.39, 0.29) is 18.7 Å². The van der Waals surface area contributed by atoms with Gasteiger partial charge in [0.05, 0.1) is 32.8 Å². The van der Waals surface area contributed by atoms with Gasteiger partial charge in [-0.25, -0.2) is 4.79 Å². The summed E-state index contributed by atoms with van der Waals surface area (Å²) in [5.41, 5.74) is -0.499. The van der Waals surface area contributed by atoms with E-state index in [1.54, 1.807) is 0 Å². The maximum atomic E-state index is 11.4. The highest BCUT2D eigenvalue weighted by Crippen LogP contribution is 2.06. The van der Waals surface area contributed by atoms with Crippen molar-refractivity contribution in [3.63, 3.8) is 0 Å². The number of carbonyl (C=O) groups is 3. The molecule has 0 aliphatic heterocycles. The number of ether oxygens (including phenoxy) is 4. The van der Waals surface area contributed by atoms with Gasteiger partial charge < -0.3 is 34.7 Å². The van der Waals surface area contributed by atoms with Gasteiger partial charge in [0.1, 0.15) is 5.60 Å². The van der Waals surface area contributed by atoms with E-state index in [0.29, 0.717) is 65.6 Å². The van der Waals surface area contributed by atoms with Gasteiger partial charge in [-0.3, -0.25) is 9.59 Å². The van der Waals surface area contributed by atoms with Gasteiger partial charge in [0, 0.05) is 32.7 Å². The zero-order valence-corrected chi connectivity index (χ0v) is 17.8. The Morgan fingerprint density at radius 2 is 1.24 bits per heavy atom. The van der Waals surface area contributed by atoms with Crippen molar-refractivity contribution in [2.45, 2.75) is 52.1 Å². The molecule has 0 radical (unpaired) electrons. The number of aliphatic carboxylic acids is 1. The monoisotopic (exact) mass is 420 g/mol. The topological polar surface area (TPSA) is 132 Å². The van der Waals surface area contributed by atoms with Crippen LogP contribution in [0.5, 0.6) is 0 Å². The molecule has 0 aliphatic rings. The van der Waals surface area contributed by atoms with E-state index in [9.17, 15) is 14.4 Å². The first kappa shape index (κ1) is 27.1. The molecule has 0 spiro atoms. The standard InChI is InChI=1S/C19H36N2O8/c1-19(2,3)29-18(25)21-9-5-11-27-13-15-28-14-12-26-10-4-8-20-16(22)6-7-17(23)24/h4-15H2,1-3H3,(H,20,22)(H,21,25)(H,23,24). The summed E-state index contributed by atoms with van der Waals surface area (Å²) in [6.45, 7) is 9.23. The van der Waals surface area contributed by atoms with Crippen molar-refractivity contribution in [1.29, 1.82) is 0 Å². The minimum atomic E-state index is -0.982.